The van der Waals surface area contributed by atoms with Crippen LogP contribution in [0.5, 0.6) is 5.75 Å². The summed E-state index contributed by atoms with van der Waals surface area (Å²) in [5, 5.41) is 11.9. The van der Waals surface area contributed by atoms with Crippen molar-refractivity contribution in [3.05, 3.63) is 30.3 Å². The van der Waals surface area contributed by atoms with Crippen molar-refractivity contribution in [1.29, 1.82) is 0 Å². The van der Waals surface area contributed by atoms with Gasteiger partial charge in [0.1, 0.15) is 11.8 Å². The lowest BCUT2D eigenvalue weighted by Gasteiger charge is -2.39. The van der Waals surface area contributed by atoms with Gasteiger partial charge in [-0.2, -0.15) is 0 Å². The third kappa shape index (κ3) is 8.18. The molecule has 1 aromatic rings. The average molecular weight is 517 g/mol. The van der Waals surface area contributed by atoms with Gasteiger partial charge in [0.2, 0.25) is 17.7 Å². The van der Waals surface area contributed by atoms with Crippen molar-refractivity contribution in [2.75, 3.05) is 26.2 Å². The molecule has 3 N–H and O–H groups in total. The highest BCUT2D eigenvalue weighted by Gasteiger charge is 2.39. The van der Waals surface area contributed by atoms with Crippen LogP contribution in [0, 0.1) is 17.3 Å². The van der Waals surface area contributed by atoms with Crippen LogP contribution in [0.1, 0.15) is 59.3 Å². The number of carbonyl (C=O) groups excluding carboxylic acids is 4. The van der Waals surface area contributed by atoms with Gasteiger partial charge in [-0.1, -0.05) is 64.7 Å². The lowest BCUT2D eigenvalue weighted by atomic mass is 9.84. The van der Waals surface area contributed by atoms with E-state index >= 15 is 0 Å². The summed E-state index contributed by atoms with van der Waals surface area (Å²) in [5.41, 5.74) is 1.05. The molecule has 1 aliphatic carbocycles. The topological polar surface area (TPSA) is 128 Å². The summed E-state index contributed by atoms with van der Waals surface area (Å²) in [6.07, 6.45) is 4.21. The Labute approximate surface area is 218 Å². The average Bonchev–Trinajstić information content (AvgIpc) is 3.39. The van der Waals surface area contributed by atoms with Crippen LogP contribution in [0.3, 0.4) is 0 Å². The molecule has 0 bridgehead atoms. The number of rotatable bonds is 8. The summed E-state index contributed by atoms with van der Waals surface area (Å²) in [6, 6.07) is 8.02. The minimum absolute atomic E-state index is 0.133. The van der Waals surface area contributed by atoms with Gasteiger partial charge in [0.05, 0.1) is 0 Å². The molecular weight excluding hydrogens is 476 g/mol. The number of hydrogen-bond donors (Lipinski definition) is 3. The lowest BCUT2D eigenvalue weighted by Crippen LogP contribution is -2.60. The van der Waals surface area contributed by atoms with Gasteiger partial charge < -0.3 is 19.9 Å². The van der Waals surface area contributed by atoms with Crippen LogP contribution in [0.25, 0.3) is 0 Å². The molecule has 1 saturated carbocycles. The Kier molecular flexibility index (Phi) is 9.91. The van der Waals surface area contributed by atoms with Gasteiger partial charge in [-0.15, -0.1) is 0 Å². The molecule has 10 nitrogen and oxygen atoms in total. The van der Waals surface area contributed by atoms with E-state index in [0.29, 0.717) is 44.3 Å². The van der Waals surface area contributed by atoms with E-state index in [1.54, 1.807) is 39.5 Å². The van der Waals surface area contributed by atoms with Gasteiger partial charge in [0.25, 0.3) is 0 Å². The summed E-state index contributed by atoms with van der Waals surface area (Å²) in [7, 11) is 0. The highest BCUT2D eigenvalue weighted by atomic mass is 16.6. The smallest absolute Gasteiger partial charge is 0.410 e. The zero-order chi connectivity index (χ0) is 27.0. The number of nitrogens with zero attached hydrogens (tertiary/aromatic N) is 2. The van der Waals surface area contributed by atoms with Gasteiger partial charge in [-0.05, 0) is 29.9 Å². The Morgan fingerprint density at radius 2 is 1.59 bits per heavy atom. The second-order valence-electron chi connectivity index (χ2n) is 11.1. The van der Waals surface area contributed by atoms with Crippen LogP contribution in [-0.4, -0.2) is 71.0 Å². The second-order valence-corrected chi connectivity index (χ2v) is 11.1. The fourth-order valence-corrected chi connectivity index (χ4v) is 5.06. The van der Waals surface area contributed by atoms with E-state index in [4.69, 9.17) is 9.94 Å². The molecule has 2 atom stereocenters. The molecule has 10 heteroatoms. The van der Waals surface area contributed by atoms with Crippen molar-refractivity contribution >= 4 is 23.8 Å². The highest BCUT2D eigenvalue weighted by molar-refractivity contribution is 5.91. The number of carbonyl (C=O) groups is 4. The van der Waals surface area contributed by atoms with Gasteiger partial charge in [0.15, 0.2) is 0 Å². The second kappa shape index (κ2) is 12.9. The van der Waals surface area contributed by atoms with Crippen molar-refractivity contribution in [2.24, 2.45) is 17.3 Å². The third-order valence-electron chi connectivity index (χ3n) is 7.22. The molecular formula is C27H40N4O6. The van der Waals surface area contributed by atoms with Crippen LogP contribution >= 0.6 is 0 Å². The SMILES string of the molecule is CC(C)(C)[C@H](NC(=O)[C@@H](CC(=O)NO)CC1CCCC1)C(=O)N1CCN(C(=O)Oc2ccccc2)CC1. The molecule has 2 aliphatic rings. The maximum Gasteiger partial charge on any atom is 0.415 e. The van der Waals surface area contributed by atoms with Crippen LogP contribution < -0.4 is 15.5 Å². The standard InChI is InChI=1S/C27H40N4O6/c1-27(2,3)23(28-24(33)20(18-22(32)29-36)17-19-9-7-8-10-19)25(34)30-13-15-31(16-14-30)26(35)37-21-11-5-4-6-12-21/h4-6,11-12,19-20,23,36H,7-10,13-18H2,1-3H3,(H,28,33)(H,29,32)/t20-,23-/m1/s1. The molecule has 2 fully saturated rings. The van der Waals surface area contributed by atoms with Crippen molar-refractivity contribution in [3.63, 3.8) is 0 Å². The number of para-hydroxylation sites is 1. The Morgan fingerprint density at radius 1 is 1.00 bits per heavy atom. The first-order valence-electron chi connectivity index (χ1n) is 13.1. The maximum absolute atomic E-state index is 13.6. The number of hydroxylamine groups is 1. The van der Waals surface area contributed by atoms with Crippen LogP contribution in [0.15, 0.2) is 30.3 Å². The quantitative estimate of drug-likeness (QED) is 0.360. The van der Waals surface area contributed by atoms with E-state index in [2.05, 4.69) is 5.32 Å². The molecule has 3 rings (SSSR count). The van der Waals surface area contributed by atoms with Crippen molar-refractivity contribution < 1.29 is 29.1 Å². The van der Waals surface area contributed by atoms with Crippen molar-refractivity contribution in [2.45, 2.75) is 65.3 Å². The first kappa shape index (κ1) is 28.4. The minimum atomic E-state index is -0.800. The number of piperazine rings is 1. The van der Waals surface area contributed by atoms with Gasteiger partial charge in [-0.25, -0.2) is 10.3 Å². The van der Waals surface area contributed by atoms with E-state index in [1.165, 1.54) is 0 Å². The molecule has 0 spiro atoms. The summed E-state index contributed by atoms with van der Waals surface area (Å²) in [4.78, 5) is 54.5. The van der Waals surface area contributed by atoms with Gasteiger partial charge >= 0.3 is 6.09 Å². The van der Waals surface area contributed by atoms with E-state index in [0.717, 1.165) is 25.7 Å². The molecule has 37 heavy (non-hydrogen) atoms. The minimum Gasteiger partial charge on any atom is -0.410 e. The highest BCUT2D eigenvalue weighted by Crippen LogP contribution is 2.32. The Bertz CT molecular complexity index is 934. The third-order valence-corrected chi connectivity index (χ3v) is 7.22. The van der Waals surface area contributed by atoms with Crippen LogP contribution in [0.2, 0.25) is 0 Å². The summed E-state index contributed by atoms with van der Waals surface area (Å²) in [5.74, 6) is -0.997. The molecule has 4 amide bonds. The monoisotopic (exact) mass is 516 g/mol. The first-order chi connectivity index (χ1) is 17.6. The summed E-state index contributed by atoms with van der Waals surface area (Å²) >= 11 is 0. The predicted octanol–water partition coefficient (Wildman–Crippen LogP) is 2.95. The lowest BCUT2D eigenvalue weighted by molar-refractivity contribution is -0.142. The Hall–Kier alpha value is -3.14. The maximum atomic E-state index is 13.6. The molecule has 0 aromatic heterocycles. The summed E-state index contributed by atoms with van der Waals surface area (Å²) in [6.45, 7) is 6.95. The fraction of sp³-hybridized carbons (Fsp3) is 0.630. The summed E-state index contributed by atoms with van der Waals surface area (Å²) < 4.78 is 5.40. The molecule has 1 heterocycles. The van der Waals surface area contributed by atoms with E-state index in [-0.39, 0.29) is 18.2 Å². The molecule has 1 aromatic carbocycles. The van der Waals surface area contributed by atoms with E-state index < -0.39 is 29.4 Å². The molecule has 1 aliphatic heterocycles. The Balaban J connectivity index is 1.61. The number of amides is 4. The Morgan fingerprint density at radius 3 is 2.16 bits per heavy atom. The predicted molar refractivity (Wildman–Crippen MR) is 137 cm³/mol. The normalized spacial score (nSPS) is 18.2. The largest absolute Gasteiger partial charge is 0.415 e. The van der Waals surface area contributed by atoms with E-state index in [9.17, 15) is 19.2 Å². The van der Waals surface area contributed by atoms with Crippen molar-refractivity contribution in [1.82, 2.24) is 20.6 Å². The molecule has 0 unspecified atom stereocenters. The fourth-order valence-electron chi connectivity index (χ4n) is 5.06. The first-order valence-corrected chi connectivity index (χ1v) is 13.1. The number of nitrogens with one attached hydrogen (secondary N) is 2. The van der Waals surface area contributed by atoms with Crippen molar-refractivity contribution in [3.8, 4) is 5.75 Å². The number of hydrogen-bond acceptors (Lipinski definition) is 6. The zero-order valence-corrected chi connectivity index (χ0v) is 22.1. The van der Waals surface area contributed by atoms with Gasteiger partial charge in [-0.3, -0.25) is 19.6 Å². The molecule has 1 saturated heterocycles. The number of benzene rings is 1. The van der Waals surface area contributed by atoms with E-state index in [1.807, 2.05) is 26.8 Å². The number of ether oxygens (including phenoxy) is 1. The molecule has 0 radical (unpaired) electrons. The van der Waals surface area contributed by atoms with Gasteiger partial charge in [0, 0.05) is 38.5 Å². The molecule has 204 valence electrons. The zero-order valence-electron chi connectivity index (χ0n) is 22.1. The van der Waals surface area contributed by atoms with Crippen LogP contribution in [-0.2, 0) is 14.4 Å². The van der Waals surface area contributed by atoms with Crippen LogP contribution in [0.4, 0.5) is 4.79 Å².